The normalized spacial score (nSPS) is 17.2. The van der Waals surface area contributed by atoms with Crippen molar-refractivity contribution in [2.24, 2.45) is 4.99 Å². The molecule has 2 aliphatic rings. The number of nitrogens with one attached hydrogen (secondary N) is 2. The second kappa shape index (κ2) is 13.4. The maximum Gasteiger partial charge on any atom is 0.131 e. The van der Waals surface area contributed by atoms with Crippen LogP contribution < -0.4 is 10.6 Å². The first-order valence-corrected chi connectivity index (χ1v) is 19.5. The van der Waals surface area contributed by atoms with Crippen LogP contribution >= 0.6 is 0 Å². The van der Waals surface area contributed by atoms with Gasteiger partial charge in [-0.05, 0) is 89.7 Å². The van der Waals surface area contributed by atoms with Crippen molar-refractivity contribution in [3.8, 4) is 16.8 Å². The van der Waals surface area contributed by atoms with Crippen molar-refractivity contribution in [3.05, 3.63) is 205 Å². The van der Waals surface area contributed by atoms with Crippen molar-refractivity contribution in [2.45, 2.75) is 25.2 Å². The van der Waals surface area contributed by atoms with Crippen LogP contribution in [0.25, 0.3) is 66.1 Å². The van der Waals surface area contributed by atoms with Gasteiger partial charge in [0.1, 0.15) is 18.2 Å². The highest BCUT2D eigenvalue weighted by Crippen LogP contribution is 2.39. The third-order valence-electron chi connectivity index (χ3n) is 11.5. The first-order valence-electron chi connectivity index (χ1n) is 19.5. The van der Waals surface area contributed by atoms with E-state index in [1.165, 1.54) is 77.3 Å². The van der Waals surface area contributed by atoms with Crippen LogP contribution in [-0.2, 0) is 0 Å². The number of hydrogen-bond donors (Lipinski definition) is 2. The second-order valence-corrected chi connectivity index (χ2v) is 14.8. The van der Waals surface area contributed by atoms with Crippen LogP contribution in [0, 0.1) is 0 Å². The highest BCUT2D eigenvalue weighted by molar-refractivity contribution is 6.13. The fourth-order valence-electron chi connectivity index (χ4n) is 8.83. The fourth-order valence-corrected chi connectivity index (χ4v) is 8.83. The Morgan fingerprint density at radius 1 is 0.464 bits per heavy atom. The lowest BCUT2D eigenvalue weighted by Crippen LogP contribution is -2.49. The van der Waals surface area contributed by atoms with E-state index < -0.39 is 0 Å². The molecule has 0 amide bonds. The molecule has 11 rings (SSSR count). The Kier molecular flexibility index (Phi) is 7.78. The Hall–Kier alpha value is -6.95. The van der Waals surface area contributed by atoms with Gasteiger partial charge in [0.25, 0.3) is 0 Å². The van der Waals surface area contributed by atoms with Gasteiger partial charge in [-0.1, -0.05) is 133 Å². The number of allylic oxidation sites excluding steroid dienone is 3. The van der Waals surface area contributed by atoms with Gasteiger partial charge in [-0.15, -0.1) is 0 Å². The average Bonchev–Trinajstić information content (AvgIpc) is 3.79. The first kappa shape index (κ1) is 32.5. The number of amidine groups is 1. The topological polar surface area (TPSA) is 46.3 Å². The van der Waals surface area contributed by atoms with Crippen LogP contribution in [-0.4, -0.2) is 21.1 Å². The van der Waals surface area contributed by atoms with Gasteiger partial charge >= 0.3 is 0 Å². The van der Waals surface area contributed by atoms with Gasteiger partial charge in [0.15, 0.2) is 0 Å². The summed E-state index contributed by atoms with van der Waals surface area (Å²) in [6.07, 6.45) is 6.27. The van der Waals surface area contributed by atoms with Crippen molar-refractivity contribution in [2.75, 3.05) is 0 Å². The maximum atomic E-state index is 5.22. The number of hydrogen-bond acceptors (Lipinski definition) is 3. The Balaban J connectivity index is 0.975. The smallest absolute Gasteiger partial charge is 0.131 e. The van der Waals surface area contributed by atoms with Crippen molar-refractivity contribution in [1.82, 2.24) is 19.8 Å². The van der Waals surface area contributed by atoms with E-state index in [-0.39, 0.29) is 12.3 Å². The Morgan fingerprint density at radius 2 is 1.02 bits per heavy atom. The lowest BCUT2D eigenvalue weighted by atomic mass is 9.98. The molecule has 5 nitrogen and oxygen atoms in total. The summed E-state index contributed by atoms with van der Waals surface area (Å²) >= 11 is 0. The molecule has 2 N–H and O–H groups in total. The van der Waals surface area contributed by atoms with Gasteiger partial charge in [-0.2, -0.15) is 0 Å². The molecule has 0 fully saturated rings. The molecule has 0 spiro atoms. The Labute approximate surface area is 325 Å². The van der Waals surface area contributed by atoms with Gasteiger partial charge in [0, 0.05) is 38.5 Å². The average molecular weight is 722 g/mol. The quantitative estimate of drug-likeness (QED) is 0.180. The molecule has 3 heterocycles. The van der Waals surface area contributed by atoms with Crippen molar-refractivity contribution < 1.29 is 0 Å². The van der Waals surface area contributed by atoms with Gasteiger partial charge in [-0.3, -0.25) is 5.32 Å². The van der Waals surface area contributed by atoms with E-state index in [1.807, 2.05) is 0 Å². The number of aliphatic imine (C=N–C) groups is 1. The number of fused-ring (bicyclic) bond motifs is 6. The monoisotopic (exact) mass is 721 g/mol. The summed E-state index contributed by atoms with van der Waals surface area (Å²) in [4.78, 5) is 5.22. The lowest BCUT2D eigenvalue weighted by Gasteiger charge is -2.34. The zero-order chi connectivity index (χ0) is 37.0. The minimum absolute atomic E-state index is 0.0464. The largest absolute Gasteiger partial charge is 0.350 e. The molecule has 268 valence electrons. The number of para-hydroxylation sites is 3. The van der Waals surface area contributed by atoms with E-state index in [9.17, 15) is 0 Å². The molecule has 56 heavy (non-hydrogen) atoms. The molecular weight excluding hydrogens is 683 g/mol. The molecule has 1 aliphatic carbocycles. The van der Waals surface area contributed by atoms with E-state index in [4.69, 9.17) is 4.99 Å². The SMILES string of the molecule is C1=C(C2N=C(c3ccccc3)NC(c3ccccc3)N2)CCC(n2c3ccccc3c3cc(-c4ccc5c(c4)c4ccccc4n5-c4ccccc4)ccc32)=C1. The van der Waals surface area contributed by atoms with Gasteiger partial charge in [0.05, 0.1) is 22.1 Å². The number of benzene rings is 7. The molecule has 2 atom stereocenters. The maximum absolute atomic E-state index is 5.22. The minimum atomic E-state index is -0.130. The third kappa shape index (κ3) is 5.47. The molecule has 2 aromatic heterocycles. The molecular formula is C51H39N5. The van der Waals surface area contributed by atoms with Gasteiger partial charge in [-0.25, -0.2) is 4.99 Å². The number of nitrogens with zero attached hydrogens (tertiary/aromatic N) is 3. The van der Waals surface area contributed by atoms with Crippen LogP contribution in [0.2, 0.25) is 0 Å². The van der Waals surface area contributed by atoms with E-state index in [0.29, 0.717) is 0 Å². The highest BCUT2D eigenvalue weighted by atomic mass is 15.3. The summed E-state index contributed by atoms with van der Waals surface area (Å²) < 4.78 is 4.85. The molecule has 1 aliphatic heterocycles. The van der Waals surface area contributed by atoms with E-state index in [0.717, 1.165) is 24.2 Å². The molecule has 0 saturated carbocycles. The fraction of sp³-hybridized carbons (Fsp3) is 0.0784. The Morgan fingerprint density at radius 3 is 1.66 bits per heavy atom. The summed E-state index contributed by atoms with van der Waals surface area (Å²) in [5.41, 5.74) is 13.4. The van der Waals surface area contributed by atoms with E-state index in [2.05, 4.69) is 208 Å². The molecule has 0 saturated heterocycles. The van der Waals surface area contributed by atoms with Crippen LogP contribution in [0.5, 0.6) is 0 Å². The van der Waals surface area contributed by atoms with E-state index >= 15 is 0 Å². The predicted octanol–water partition coefficient (Wildman–Crippen LogP) is 11.8. The highest BCUT2D eigenvalue weighted by Gasteiger charge is 2.28. The number of rotatable bonds is 6. The molecule has 0 radical (unpaired) electrons. The standard InChI is InChI=1S/C51H39N5/c1-4-14-34(15-5-1)49-52-50(35-16-6-2-7-17-35)54-51(53-49)36-24-28-40(29-25-36)56-46-23-13-11-21-42(46)44-33-38(27-31-48(44)56)37-26-30-47-43(32-37)41-20-10-12-22-45(41)55(47)39-18-8-3-9-19-39/h1-24,26-28,30-33,49,51,53H,25,29H2,(H,52,54). The van der Waals surface area contributed by atoms with Crippen LogP contribution in [0.3, 0.4) is 0 Å². The lowest BCUT2D eigenvalue weighted by molar-refractivity contribution is 0.425. The van der Waals surface area contributed by atoms with E-state index in [1.54, 1.807) is 0 Å². The predicted molar refractivity (Wildman–Crippen MR) is 233 cm³/mol. The zero-order valence-corrected chi connectivity index (χ0v) is 30.8. The third-order valence-corrected chi connectivity index (χ3v) is 11.5. The summed E-state index contributed by atoms with van der Waals surface area (Å²) in [6, 6.07) is 63.2. The summed E-state index contributed by atoms with van der Waals surface area (Å²) in [7, 11) is 0. The van der Waals surface area contributed by atoms with Crippen LogP contribution in [0.4, 0.5) is 0 Å². The minimum Gasteiger partial charge on any atom is -0.350 e. The number of aromatic nitrogens is 2. The molecule has 7 aromatic carbocycles. The van der Waals surface area contributed by atoms with Crippen molar-refractivity contribution in [1.29, 1.82) is 0 Å². The first-order chi connectivity index (χ1) is 27.8. The summed E-state index contributed by atoms with van der Waals surface area (Å²) in [5.74, 6) is 0.915. The van der Waals surface area contributed by atoms with Crippen molar-refractivity contribution in [3.63, 3.8) is 0 Å². The summed E-state index contributed by atoms with van der Waals surface area (Å²) in [5, 5.41) is 12.5. The molecule has 5 heteroatoms. The van der Waals surface area contributed by atoms with Crippen LogP contribution in [0.15, 0.2) is 199 Å². The summed E-state index contributed by atoms with van der Waals surface area (Å²) in [6.45, 7) is 0. The van der Waals surface area contributed by atoms with Crippen LogP contribution in [0.1, 0.15) is 30.1 Å². The molecule has 9 aromatic rings. The van der Waals surface area contributed by atoms with Gasteiger partial charge < -0.3 is 14.5 Å². The molecule has 2 unspecified atom stereocenters. The van der Waals surface area contributed by atoms with Crippen molar-refractivity contribution >= 4 is 55.1 Å². The zero-order valence-electron chi connectivity index (χ0n) is 30.8. The Bertz CT molecular complexity index is 3020. The second-order valence-electron chi connectivity index (χ2n) is 14.8. The van der Waals surface area contributed by atoms with Gasteiger partial charge in [0.2, 0.25) is 0 Å². The molecule has 0 bridgehead atoms.